The van der Waals surface area contributed by atoms with Crippen LogP contribution >= 0.6 is 10.8 Å². The van der Waals surface area contributed by atoms with Gasteiger partial charge < -0.3 is 31.2 Å². The molecule has 0 radical (unpaired) electrons. The lowest BCUT2D eigenvalue weighted by Crippen LogP contribution is -2.36. The Morgan fingerprint density at radius 3 is 2.74 bits per heavy atom. The Hall–Kier alpha value is -3.78. The summed E-state index contributed by atoms with van der Waals surface area (Å²) in [7, 11) is -3.78. The molecule has 39 heavy (non-hydrogen) atoms. The van der Waals surface area contributed by atoms with Gasteiger partial charge in [0.15, 0.2) is 12.4 Å². The van der Waals surface area contributed by atoms with E-state index in [0.29, 0.717) is 36.5 Å². The van der Waals surface area contributed by atoms with Crippen molar-refractivity contribution in [2.75, 3.05) is 37.0 Å². The fourth-order valence-electron chi connectivity index (χ4n) is 4.85. The first-order valence-electron chi connectivity index (χ1n) is 12.8. The fraction of sp³-hybridized carbons (Fsp3) is 0.346. The van der Waals surface area contributed by atoms with Crippen molar-refractivity contribution < 1.29 is 23.7 Å². The quantitative estimate of drug-likeness (QED) is 0.256. The van der Waals surface area contributed by atoms with E-state index in [2.05, 4.69) is 15.1 Å². The molecule has 3 heterocycles. The number of hydrogen-bond acceptors (Lipinski definition) is 10. The Bertz CT molecular complexity index is 1550. The van der Waals surface area contributed by atoms with Crippen LogP contribution in [0, 0.1) is 5.92 Å². The molecule has 0 spiro atoms. The number of amidine groups is 1. The van der Waals surface area contributed by atoms with Crippen molar-refractivity contribution in [1.82, 2.24) is 9.58 Å². The third kappa shape index (κ3) is 4.89. The number of anilines is 1. The number of nitrogens with one attached hydrogen (secondary N) is 2. The maximum absolute atomic E-state index is 13.6. The molecule has 1 saturated carbocycles. The van der Waals surface area contributed by atoms with Crippen molar-refractivity contribution in [2.24, 2.45) is 16.0 Å². The predicted octanol–water partition coefficient (Wildman–Crippen LogP) is 2.50. The average molecular weight is 555 g/mol. The van der Waals surface area contributed by atoms with E-state index in [1.165, 1.54) is 10.7 Å². The molecule has 206 valence electrons. The molecule has 7 N–H and O–H groups in total. The molecule has 0 unspecified atom stereocenters. The summed E-state index contributed by atoms with van der Waals surface area (Å²) in [4.78, 5) is 27.7. The normalized spacial score (nSPS) is 20.6. The van der Waals surface area contributed by atoms with E-state index in [4.69, 9.17) is 10.5 Å². The van der Waals surface area contributed by atoms with Gasteiger partial charge in [0.25, 0.3) is 11.5 Å². The average Bonchev–Trinajstić information content (AvgIpc) is 3.64. The maximum Gasteiger partial charge on any atom is 0.284 e. The van der Waals surface area contributed by atoms with Gasteiger partial charge in [-0.05, 0) is 49.4 Å². The zero-order chi connectivity index (χ0) is 27.3. The van der Waals surface area contributed by atoms with Gasteiger partial charge in [0.1, 0.15) is 22.0 Å². The third-order valence-corrected chi connectivity index (χ3v) is 8.55. The molecule has 1 aromatic heterocycles. The van der Waals surface area contributed by atoms with E-state index in [9.17, 15) is 23.8 Å². The molecule has 2 fully saturated rings. The Kier molecular flexibility index (Phi) is 6.38. The summed E-state index contributed by atoms with van der Waals surface area (Å²) in [5.74, 6) is 0.0591. The monoisotopic (exact) mass is 554 g/mol. The molecule has 1 atom stereocenters. The molecule has 0 bridgehead atoms. The second-order valence-corrected chi connectivity index (χ2v) is 11.8. The Labute approximate surface area is 225 Å². The van der Waals surface area contributed by atoms with Crippen LogP contribution in [0.3, 0.4) is 0 Å². The first-order chi connectivity index (χ1) is 18.7. The first kappa shape index (κ1) is 25.5. The molecule has 1 amide bonds. The summed E-state index contributed by atoms with van der Waals surface area (Å²) in [6.07, 6.45) is 2.91. The Morgan fingerprint density at radius 1 is 1.21 bits per heavy atom. The molecule has 2 aromatic carbocycles. The second-order valence-electron chi connectivity index (χ2n) is 10.1. The van der Waals surface area contributed by atoms with E-state index in [-0.39, 0.29) is 52.0 Å². The fourth-order valence-corrected chi connectivity index (χ4v) is 6.02. The number of likely N-dealkylation sites (tertiary alicyclic amines) is 1. The van der Waals surface area contributed by atoms with Crippen LogP contribution < -0.4 is 26.8 Å². The Morgan fingerprint density at radius 2 is 2.00 bits per heavy atom. The van der Waals surface area contributed by atoms with Gasteiger partial charge >= 0.3 is 0 Å². The topological polar surface area (TPSA) is 175 Å². The molecule has 1 aliphatic carbocycles. The van der Waals surface area contributed by atoms with Gasteiger partial charge in [-0.25, -0.2) is 4.68 Å². The summed E-state index contributed by atoms with van der Waals surface area (Å²) < 4.78 is 33.0. The van der Waals surface area contributed by atoms with E-state index >= 15 is 0 Å². The molecule has 3 aliphatic rings. The lowest BCUT2D eigenvalue weighted by molar-refractivity contribution is -0.132. The van der Waals surface area contributed by atoms with Crippen LogP contribution in [0.4, 0.5) is 5.69 Å². The molecule has 12 nitrogen and oxygen atoms in total. The van der Waals surface area contributed by atoms with Crippen LogP contribution in [0.25, 0.3) is 10.9 Å². The number of carbonyl (C=O) groups excluding carboxylic acids is 1. The van der Waals surface area contributed by atoms with Gasteiger partial charge in [0.2, 0.25) is 0 Å². The Balaban J connectivity index is 1.30. The first-order valence-corrected chi connectivity index (χ1v) is 14.3. The molecular formula is C26H30N6O6S. The summed E-state index contributed by atoms with van der Waals surface area (Å²) in [5, 5.41) is 14.5. The zero-order valence-corrected chi connectivity index (χ0v) is 21.9. The largest absolute Gasteiger partial charge is 0.506 e. The van der Waals surface area contributed by atoms with Gasteiger partial charge in [-0.3, -0.25) is 18.7 Å². The van der Waals surface area contributed by atoms with Gasteiger partial charge in [-0.1, -0.05) is 22.9 Å². The summed E-state index contributed by atoms with van der Waals surface area (Å²) in [6, 6.07) is 11.4. The van der Waals surface area contributed by atoms with Crippen molar-refractivity contribution in [2.45, 2.75) is 30.2 Å². The van der Waals surface area contributed by atoms with Gasteiger partial charge in [0, 0.05) is 37.1 Å². The van der Waals surface area contributed by atoms with Gasteiger partial charge in [0.05, 0.1) is 11.2 Å². The van der Waals surface area contributed by atoms with E-state index in [0.717, 1.165) is 19.3 Å². The van der Waals surface area contributed by atoms with Crippen LogP contribution in [-0.2, 0) is 4.79 Å². The number of aromatic nitrogens is 1. The van der Waals surface area contributed by atoms with Crippen LogP contribution in [0.15, 0.2) is 56.6 Å². The number of nitrogens with zero attached hydrogens (tertiary/aromatic N) is 3. The number of rotatable bonds is 7. The predicted molar refractivity (Wildman–Crippen MR) is 149 cm³/mol. The summed E-state index contributed by atoms with van der Waals surface area (Å²) >= 11 is 0. The lowest BCUT2D eigenvalue weighted by atomic mass is 10.1. The molecule has 6 rings (SSSR count). The van der Waals surface area contributed by atoms with Crippen molar-refractivity contribution in [3.63, 3.8) is 0 Å². The number of carbonyl (C=O) groups is 1. The SMILES string of the molecule is N[C@H]1CCN(C(=O)COc2ccc3c(c2)S(O)(O)N=C(c2c(O)c4ccccc4n(NCC4CC4)c2=O)N3)C1. The number of pyridine rings is 1. The number of aromatic hydroxyl groups is 1. The number of hydrogen-bond donors (Lipinski definition) is 6. The van der Waals surface area contributed by atoms with Crippen LogP contribution in [0.1, 0.15) is 24.8 Å². The highest BCUT2D eigenvalue weighted by Crippen LogP contribution is 2.56. The number of amides is 1. The van der Waals surface area contributed by atoms with Gasteiger partial charge in [-0.15, -0.1) is 4.40 Å². The van der Waals surface area contributed by atoms with Crippen molar-refractivity contribution in [3.05, 3.63) is 58.4 Å². The summed E-state index contributed by atoms with van der Waals surface area (Å²) in [5.41, 5.74) is 9.05. The molecule has 13 heteroatoms. The van der Waals surface area contributed by atoms with Crippen molar-refractivity contribution in [3.8, 4) is 11.5 Å². The third-order valence-electron chi connectivity index (χ3n) is 7.19. The maximum atomic E-state index is 13.6. The number of para-hydroxylation sites is 1. The lowest BCUT2D eigenvalue weighted by Gasteiger charge is -2.34. The summed E-state index contributed by atoms with van der Waals surface area (Å²) in [6.45, 7) is 1.44. The number of ether oxygens (including phenoxy) is 1. The zero-order valence-electron chi connectivity index (χ0n) is 21.0. The highest BCUT2D eigenvalue weighted by atomic mass is 32.3. The highest BCUT2D eigenvalue weighted by Gasteiger charge is 2.32. The van der Waals surface area contributed by atoms with Crippen LogP contribution in [0.5, 0.6) is 11.5 Å². The number of nitrogens with two attached hydrogens (primary N) is 1. The number of fused-ring (bicyclic) bond motifs is 2. The highest BCUT2D eigenvalue weighted by molar-refractivity contribution is 8.23. The molecule has 1 saturated heterocycles. The molecular weight excluding hydrogens is 524 g/mol. The van der Waals surface area contributed by atoms with Crippen LogP contribution in [0.2, 0.25) is 0 Å². The van der Waals surface area contributed by atoms with Gasteiger partial charge in [-0.2, -0.15) is 0 Å². The minimum atomic E-state index is -3.78. The van der Waals surface area contributed by atoms with Crippen molar-refractivity contribution >= 4 is 39.1 Å². The molecule has 2 aliphatic heterocycles. The minimum Gasteiger partial charge on any atom is -0.506 e. The smallest absolute Gasteiger partial charge is 0.284 e. The van der Waals surface area contributed by atoms with E-state index in [1.807, 2.05) is 0 Å². The standard InChI is InChI=1S/C26H30N6O6S/c27-16-9-10-31(13-16)22(33)14-38-17-7-8-19-21(11-17)39(36,37)30-25(29-19)23-24(34)18-3-1-2-4-20(18)32(26(23)35)28-12-15-5-6-15/h1-4,7-8,11,15-16,28,34,36-37H,5-6,9-10,12-14,27H2,(H,29,30)/t16-/m0/s1. The minimum absolute atomic E-state index is 0.0380. The van der Waals surface area contributed by atoms with Crippen molar-refractivity contribution in [1.29, 1.82) is 0 Å². The molecule has 3 aromatic rings. The number of benzene rings is 2. The van der Waals surface area contributed by atoms with Crippen LogP contribution in [-0.4, -0.2) is 67.8 Å². The van der Waals surface area contributed by atoms with E-state index in [1.54, 1.807) is 41.3 Å². The van der Waals surface area contributed by atoms with E-state index < -0.39 is 16.3 Å². The second kappa shape index (κ2) is 9.75.